The molecule has 0 saturated heterocycles. The Bertz CT molecular complexity index is 686. The number of nitrogens with one attached hydrogen (secondary N) is 3. The second kappa shape index (κ2) is 7.48. The zero-order valence-corrected chi connectivity index (χ0v) is 13.4. The van der Waals surface area contributed by atoms with E-state index in [1.165, 1.54) is 0 Å². The van der Waals surface area contributed by atoms with E-state index in [9.17, 15) is 4.79 Å². The molecule has 0 fully saturated rings. The van der Waals surface area contributed by atoms with Crippen molar-refractivity contribution >= 4 is 23.3 Å². The van der Waals surface area contributed by atoms with Gasteiger partial charge in [0, 0.05) is 37.2 Å². The third-order valence-electron chi connectivity index (χ3n) is 3.71. The average molecular weight is 335 g/mol. The number of hydrogen-bond acceptors (Lipinski definition) is 4. The average Bonchev–Trinajstić information content (AvgIpc) is 2.96. The smallest absolute Gasteiger partial charge is 0.225 e. The summed E-state index contributed by atoms with van der Waals surface area (Å²) in [6, 6.07) is 7.30. The molecule has 2 heterocycles. The number of aromatic amines is 1. The summed E-state index contributed by atoms with van der Waals surface area (Å²) in [5.41, 5.74) is 2.15. The van der Waals surface area contributed by atoms with Crippen LogP contribution in [0.2, 0.25) is 5.02 Å². The van der Waals surface area contributed by atoms with E-state index >= 15 is 0 Å². The predicted octanol–water partition coefficient (Wildman–Crippen LogP) is 2.51. The van der Waals surface area contributed by atoms with Crippen LogP contribution in [0.15, 0.2) is 24.3 Å². The molecule has 6 nitrogen and oxygen atoms in total. The normalized spacial score (nSPS) is 13.4. The lowest BCUT2D eigenvalue weighted by Crippen LogP contribution is -2.24. The second-order valence-corrected chi connectivity index (χ2v) is 5.79. The van der Waals surface area contributed by atoms with E-state index in [0.717, 1.165) is 30.8 Å². The van der Waals surface area contributed by atoms with Crippen molar-refractivity contribution in [3.05, 3.63) is 40.5 Å². The van der Waals surface area contributed by atoms with Crippen LogP contribution in [0.5, 0.6) is 5.75 Å². The maximum absolute atomic E-state index is 12.0. The number of rotatable bonds is 6. The van der Waals surface area contributed by atoms with Gasteiger partial charge in [-0.15, -0.1) is 0 Å². The number of hydrogen-bond donors (Lipinski definition) is 3. The lowest BCUT2D eigenvalue weighted by molar-refractivity contribution is -0.116. The number of amides is 1. The molecular formula is C16H19ClN4O2. The van der Waals surface area contributed by atoms with Crippen LogP contribution in [0, 0.1) is 0 Å². The number of H-pyrrole nitrogens is 1. The van der Waals surface area contributed by atoms with Gasteiger partial charge in [-0.2, -0.15) is 5.10 Å². The van der Waals surface area contributed by atoms with Gasteiger partial charge in [0.1, 0.15) is 5.75 Å². The minimum absolute atomic E-state index is 0.0624. The van der Waals surface area contributed by atoms with E-state index in [-0.39, 0.29) is 5.91 Å². The van der Waals surface area contributed by atoms with Crippen LogP contribution in [-0.4, -0.2) is 29.3 Å². The van der Waals surface area contributed by atoms with Crippen LogP contribution in [0.3, 0.4) is 0 Å². The number of carbonyl (C=O) groups is 1. The predicted molar refractivity (Wildman–Crippen MR) is 88.8 cm³/mol. The monoisotopic (exact) mass is 334 g/mol. The summed E-state index contributed by atoms with van der Waals surface area (Å²) in [7, 11) is 0. The maximum atomic E-state index is 12.0. The highest BCUT2D eigenvalue weighted by atomic mass is 35.5. The number of anilines is 1. The van der Waals surface area contributed by atoms with Gasteiger partial charge in [-0.1, -0.05) is 23.7 Å². The highest BCUT2D eigenvalue weighted by Crippen LogP contribution is 2.23. The van der Waals surface area contributed by atoms with Crippen molar-refractivity contribution in [3.63, 3.8) is 0 Å². The van der Waals surface area contributed by atoms with Crippen LogP contribution in [0.25, 0.3) is 0 Å². The number of benzene rings is 1. The van der Waals surface area contributed by atoms with Gasteiger partial charge < -0.3 is 15.4 Å². The van der Waals surface area contributed by atoms with E-state index in [4.69, 9.17) is 16.3 Å². The summed E-state index contributed by atoms with van der Waals surface area (Å²) in [6.07, 6.45) is 1.89. The van der Waals surface area contributed by atoms with Gasteiger partial charge in [0.25, 0.3) is 0 Å². The molecule has 2 aromatic rings. The maximum Gasteiger partial charge on any atom is 0.225 e. The van der Waals surface area contributed by atoms with E-state index in [1.54, 1.807) is 6.07 Å². The Kier molecular flexibility index (Phi) is 5.15. The molecule has 122 valence electrons. The Balaban J connectivity index is 1.43. The first kappa shape index (κ1) is 15.8. The van der Waals surface area contributed by atoms with Gasteiger partial charge in [0.05, 0.1) is 11.6 Å². The molecule has 3 N–H and O–H groups in total. The van der Waals surface area contributed by atoms with Crippen molar-refractivity contribution in [2.45, 2.75) is 25.8 Å². The van der Waals surface area contributed by atoms with Crippen molar-refractivity contribution in [1.29, 1.82) is 0 Å². The van der Waals surface area contributed by atoms with Crippen LogP contribution in [0.1, 0.15) is 24.1 Å². The van der Waals surface area contributed by atoms with E-state index in [1.807, 2.05) is 18.2 Å². The summed E-state index contributed by atoms with van der Waals surface area (Å²) in [5.74, 6) is 1.21. The topological polar surface area (TPSA) is 79.0 Å². The molecule has 7 heteroatoms. The molecule has 0 bridgehead atoms. The van der Waals surface area contributed by atoms with E-state index < -0.39 is 0 Å². The Morgan fingerprint density at radius 1 is 1.39 bits per heavy atom. The Morgan fingerprint density at radius 3 is 3.13 bits per heavy atom. The highest BCUT2D eigenvalue weighted by Gasteiger charge is 2.17. The summed E-state index contributed by atoms with van der Waals surface area (Å²) < 4.78 is 5.57. The number of fused-ring (bicyclic) bond motifs is 1. The van der Waals surface area contributed by atoms with Crippen molar-refractivity contribution in [3.8, 4) is 5.75 Å². The molecule has 0 atom stereocenters. The van der Waals surface area contributed by atoms with E-state index in [2.05, 4.69) is 20.8 Å². The third kappa shape index (κ3) is 4.03. The molecule has 1 aromatic carbocycles. The first-order valence-electron chi connectivity index (χ1n) is 7.68. The highest BCUT2D eigenvalue weighted by molar-refractivity contribution is 6.32. The number of ether oxygens (including phenoxy) is 1. The van der Waals surface area contributed by atoms with Crippen molar-refractivity contribution in [1.82, 2.24) is 15.5 Å². The molecule has 23 heavy (non-hydrogen) atoms. The van der Waals surface area contributed by atoms with Gasteiger partial charge in [-0.3, -0.25) is 9.89 Å². The van der Waals surface area contributed by atoms with Gasteiger partial charge in [-0.05, 0) is 18.6 Å². The Morgan fingerprint density at radius 2 is 2.26 bits per heavy atom. The molecule has 0 spiro atoms. The molecule has 1 aliphatic rings. The van der Waals surface area contributed by atoms with Crippen LogP contribution >= 0.6 is 11.6 Å². The van der Waals surface area contributed by atoms with E-state index in [0.29, 0.717) is 36.0 Å². The fourth-order valence-corrected chi connectivity index (χ4v) is 2.69. The number of nitrogens with zero attached hydrogens (tertiary/aromatic N) is 1. The fourth-order valence-electron chi connectivity index (χ4n) is 2.50. The standard InChI is InChI=1S/C16H19ClN4O2/c17-12-4-1-2-5-14(12)23-9-3-6-15(22)19-16-11-10-18-8-7-13(11)20-21-16/h1-2,4-5,18H,3,6-10H2,(H2,19,20,21,22). The molecule has 0 aliphatic carbocycles. The third-order valence-corrected chi connectivity index (χ3v) is 4.02. The molecule has 3 rings (SSSR count). The second-order valence-electron chi connectivity index (χ2n) is 5.39. The minimum Gasteiger partial charge on any atom is -0.492 e. The van der Waals surface area contributed by atoms with Crippen LogP contribution < -0.4 is 15.4 Å². The molecule has 0 saturated carbocycles. The van der Waals surface area contributed by atoms with Gasteiger partial charge in [0.2, 0.25) is 5.91 Å². The molecule has 0 radical (unpaired) electrons. The molecule has 0 unspecified atom stereocenters. The summed E-state index contributed by atoms with van der Waals surface area (Å²) >= 11 is 6.01. The minimum atomic E-state index is -0.0624. The first-order valence-corrected chi connectivity index (χ1v) is 8.06. The van der Waals surface area contributed by atoms with Crippen molar-refractivity contribution in [2.24, 2.45) is 0 Å². The lowest BCUT2D eigenvalue weighted by atomic mass is 10.1. The van der Waals surface area contributed by atoms with Crippen LogP contribution in [-0.2, 0) is 17.8 Å². The molecule has 1 amide bonds. The summed E-state index contributed by atoms with van der Waals surface area (Å²) in [5, 5.41) is 13.9. The Hall–Kier alpha value is -2.05. The quantitative estimate of drug-likeness (QED) is 0.709. The number of aromatic nitrogens is 2. The van der Waals surface area contributed by atoms with Gasteiger partial charge >= 0.3 is 0 Å². The van der Waals surface area contributed by atoms with Crippen LogP contribution in [0.4, 0.5) is 5.82 Å². The van der Waals surface area contributed by atoms with Crippen molar-refractivity contribution in [2.75, 3.05) is 18.5 Å². The molecule has 1 aliphatic heterocycles. The number of halogens is 1. The zero-order valence-electron chi connectivity index (χ0n) is 12.7. The Labute approximate surface area is 139 Å². The molecule has 1 aromatic heterocycles. The summed E-state index contributed by atoms with van der Waals surface area (Å²) in [6.45, 7) is 2.11. The SMILES string of the molecule is O=C(CCCOc1ccccc1Cl)Nc1n[nH]c2c1CNCC2. The largest absolute Gasteiger partial charge is 0.492 e. The summed E-state index contributed by atoms with van der Waals surface area (Å²) in [4.78, 5) is 12.0. The fraction of sp³-hybridized carbons (Fsp3) is 0.375. The van der Waals surface area contributed by atoms with Gasteiger partial charge in [0.15, 0.2) is 5.82 Å². The first-order chi connectivity index (χ1) is 11.2. The number of para-hydroxylation sites is 1. The zero-order chi connectivity index (χ0) is 16.1. The molecular weight excluding hydrogens is 316 g/mol. The van der Waals surface area contributed by atoms with Crippen molar-refractivity contribution < 1.29 is 9.53 Å². The van der Waals surface area contributed by atoms with Gasteiger partial charge in [-0.25, -0.2) is 0 Å². The number of carbonyl (C=O) groups excluding carboxylic acids is 1. The lowest BCUT2D eigenvalue weighted by Gasteiger charge is -2.13.